The second kappa shape index (κ2) is 23.1. The molecule has 0 bridgehead atoms. The number of hydrogen-bond donors (Lipinski definition) is 0. The highest BCUT2D eigenvalue weighted by Gasteiger charge is 2.27. The summed E-state index contributed by atoms with van der Waals surface area (Å²) in [6.45, 7) is 13.3. The molecule has 0 saturated carbocycles. The maximum absolute atomic E-state index is 11.7. The van der Waals surface area contributed by atoms with E-state index < -0.39 is 0 Å². The van der Waals surface area contributed by atoms with Gasteiger partial charge < -0.3 is 0 Å². The van der Waals surface area contributed by atoms with E-state index in [-0.39, 0.29) is 11.2 Å². The molecule has 4 nitrogen and oxygen atoms in total. The van der Waals surface area contributed by atoms with Crippen LogP contribution in [0.15, 0.2) is 24.3 Å². The van der Waals surface area contributed by atoms with Crippen LogP contribution in [-0.2, 0) is 4.79 Å². The van der Waals surface area contributed by atoms with Crippen molar-refractivity contribution in [3.05, 3.63) is 35.4 Å². The predicted octanol–water partition coefficient (Wildman–Crippen LogP) is 7.37. The molecular formula is C26H45NO3S2. The van der Waals surface area contributed by atoms with Crippen molar-refractivity contribution in [1.82, 2.24) is 4.90 Å². The number of carbonyl (C=O) groups excluding carboxylic acids is 3. The minimum atomic E-state index is 0.0913. The summed E-state index contributed by atoms with van der Waals surface area (Å²) < 4.78 is 0. The van der Waals surface area contributed by atoms with E-state index in [1.807, 2.05) is 34.7 Å². The van der Waals surface area contributed by atoms with Gasteiger partial charge in [0.15, 0.2) is 0 Å². The molecular weight excluding hydrogens is 438 g/mol. The van der Waals surface area contributed by atoms with E-state index in [0.717, 1.165) is 43.6 Å². The van der Waals surface area contributed by atoms with Gasteiger partial charge in [0, 0.05) is 22.6 Å². The zero-order chi connectivity index (χ0) is 24.8. The Hall–Kier alpha value is -1.11. The molecule has 0 radical (unpaired) electrons. The monoisotopic (exact) mass is 483 g/mol. The van der Waals surface area contributed by atoms with Gasteiger partial charge in [0.2, 0.25) is 10.2 Å². The first-order valence-corrected chi connectivity index (χ1v) is 14.1. The van der Waals surface area contributed by atoms with E-state index in [2.05, 4.69) is 18.7 Å². The molecule has 0 aliphatic carbocycles. The highest BCUT2D eigenvalue weighted by atomic mass is 32.2. The van der Waals surface area contributed by atoms with Crippen molar-refractivity contribution >= 4 is 40.0 Å². The zero-order valence-corrected chi connectivity index (χ0v) is 22.9. The third-order valence-corrected chi connectivity index (χ3v) is 6.66. The van der Waals surface area contributed by atoms with E-state index in [0.29, 0.717) is 16.2 Å². The van der Waals surface area contributed by atoms with E-state index in [1.165, 1.54) is 42.8 Å². The highest BCUT2D eigenvalue weighted by Crippen LogP contribution is 2.21. The summed E-state index contributed by atoms with van der Waals surface area (Å²) in [7, 11) is 2.04. The maximum atomic E-state index is 11.7. The van der Waals surface area contributed by atoms with Crippen LogP contribution in [0.25, 0.3) is 0 Å². The molecule has 1 saturated heterocycles. The molecule has 1 aromatic rings. The Morgan fingerprint density at radius 2 is 1.59 bits per heavy atom. The minimum absolute atomic E-state index is 0.0913. The van der Waals surface area contributed by atoms with Gasteiger partial charge in [0.05, 0.1) is 6.04 Å². The average molecular weight is 484 g/mol. The zero-order valence-electron chi connectivity index (χ0n) is 21.3. The molecule has 1 aromatic carbocycles. The summed E-state index contributed by atoms with van der Waals surface area (Å²) in [5.74, 6) is 1.85. The maximum Gasteiger partial charge on any atom is 0.219 e. The van der Waals surface area contributed by atoms with Crippen LogP contribution in [0.2, 0.25) is 0 Å². The number of thioether (sulfide) groups is 2. The second-order valence-corrected chi connectivity index (χ2v) is 9.06. The normalized spacial score (nSPS) is 14.7. The Balaban J connectivity index is 0. The van der Waals surface area contributed by atoms with Gasteiger partial charge in [0.1, 0.15) is 6.29 Å². The number of aldehydes is 1. The van der Waals surface area contributed by atoms with Crippen LogP contribution in [0.1, 0.15) is 101 Å². The Morgan fingerprint density at radius 1 is 0.969 bits per heavy atom. The van der Waals surface area contributed by atoms with Gasteiger partial charge in [-0.3, -0.25) is 19.3 Å². The lowest BCUT2D eigenvalue weighted by Gasteiger charge is -2.16. The number of likely N-dealkylation sites (N-methyl/N-ethyl adjacent to an activating group) is 1. The second-order valence-electron chi connectivity index (χ2n) is 6.89. The smallest absolute Gasteiger partial charge is 0.219 e. The number of benzene rings is 1. The topological polar surface area (TPSA) is 54.5 Å². The number of unbranched alkanes of at least 4 members (excludes halogenated alkanes) is 2. The lowest BCUT2D eigenvalue weighted by Crippen LogP contribution is -2.31. The van der Waals surface area contributed by atoms with Crippen LogP contribution >= 0.6 is 23.5 Å². The molecule has 1 fully saturated rings. The van der Waals surface area contributed by atoms with Gasteiger partial charge in [-0.05, 0) is 51.4 Å². The fourth-order valence-corrected chi connectivity index (χ4v) is 4.54. The Bertz CT molecular complexity index is 606. The molecule has 184 valence electrons. The summed E-state index contributed by atoms with van der Waals surface area (Å²) in [5, 5.41) is 0.463. The van der Waals surface area contributed by atoms with Crippen molar-refractivity contribution in [3.8, 4) is 0 Å². The van der Waals surface area contributed by atoms with Gasteiger partial charge in [0.25, 0.3) is 0 Å². The SMILES string of the molecule is CC.CC.CCCCCSC(=O)c1ccc(C=O)cc1.CCCSC(=O)C1CCCN1C. The van der Waals surface area contributed by atoms with Crippen molar-refractivity contribution in [1.29, 1.82) is 0 Å². The molecule has 1 unspecified atom stereocenters. The molecule has 2 rings (SSSR count). The largest absolute Gasteiger partial charge is 0.298 e. The summed E-state index contributed by atoms with van der Waals surface area (Å²) in [5.41, 5.74) is 1.28. The van der Waals surface area contributed by atoms with Crippen LogP contribution < -0.4 is 0 Å². The summed E-state index contributed by atoms with van der Waals surface area (Å²) in [6.07, 6.45) is 7.54. The Morgan fingerprint density at radius 3 is 2.06 bits per heavy atom. The van der Waals surface area contributed by atoms with Gasteiger partial charge in [-0.1, -0.05) is 90.0 Å². The van der Waals surface area contributed by atoms with E-state index in [4.69, 9.17) is 0 Å². The number of nitrogens with zero attached hydrogens (tertiary/aromatic N) is 1. The molecule has 1 atom stereocenters. The summed E-state index contributed by atoms with van der Waals surface area (Å²) >= 11 is 2.85. The van der Waals surface area contributed by atoms with E-state index in [9.17, 15) is 14.4 Å². The third-order valence-electron chi connectivity index (χ3n) is 4.50. The summed E-state index contributed by atoms with van der Waals surface area (Å²) in [4.78, 5) is 35.8. The first kappa shape index (κ1) is 33.1. The predicted molar refractivity (Wildman–Crippen MR) is 144 cm³/mol. The van der Waals surface area contributed by atoms with Gasteiger partial charge in [-0.25, -0.2) is 0 Å². The lowest BCUT2D eigenvalue weighted by atomic mass is 10.2. The molecule has 0 amide bonds. The van der Waals surface area contributed by atoms with Crippen LogP contribution in [0, 0.1) is 0 Å². The Labute approximate surface area is 205 Å². The molecule has 1 heterocycles. The van der Waals surface area contributed by atoms with Crippen LogP contribution in [0.5, 0.6) is 0 Å². The number of hydrogen-bond acceptors (Lipinski definition) is 6. The quantitative estimate of drug-likeness (QED) is 0.270. The number of likely N-dealkylation sites (tertiary alicyclic amines) is 1. The van der Waals surface area contributed by atoms with E-state index in [1.54, 1.807) is 24.3 Å². The van der Waals surface area contributed by atoms with Gasteiger partial charge in [-0.2, -0.15) is 0 Å². The minimum Gasteiger partial charge on any atom is -0.298 e. The fraction of sp³-hybridized carbons (Fsp3) is 0.654. The molecule has 1 aliphatic rings. The number of rotatable bonds is 9. The number of carbonyl (C=O) groups is 3. The fourth-order valence-electron chi connectivity index (χ4n) is 2.80. The van der Waals surface area contributed by atoms with Crippen LogP contribution in [0.4, 0.5) is 0 Å². The molecule has 0 aromatic heterocycles. The molecule has 32 heavy (non-hydrogen) atoms. The lowest BCUT2D eigenvalue weighted by molar-refractivity contribution is -0.114. The van der Waals surface area contributed by atoms with E-state index >= 15 is 0 Å². The van der Waals surface area contributed by atoms with Crippen molar-refractivity contribution in [2.75, 3.05) is 25.1 Å². The third kappa shape index (κ3) is 14.9. The molecule has 0 N–H and O–H groups in total. The average Bonchev–Trinajstić information content (AvgIpc) is 3.29. The van der Waals surface area contributed by atoms with Crippen molar-refractivity contribution in [3.63, 3.8) is 0 Å². The summed E-state index contributed by atoms with van der Waals surface area (Å²) in [6, 6.07) is 6.97. The van der Waals surface area contributed by atoms with Gasteiger partial charge in [-0.15, -0.1) is 0 Å². The van der Waals surface area contributed by atoms with Crippen molar-refractivity contribution < 1.29 is 14.4 Å². The molecule has 0 spiro atoms. The first-order chi connectivity index (χ1) is 15.5. The van der Waals surface area contributed by atoms with Crippen LogP contribution in [0.3, 0.4) is 0 Å². The Kier molecular flexibility index (Phi) is 23.8. The first-order valence-electron chi connectivity index (χ1n) is 12.1. The molecule has 1 aliphatic heterocycles. The standard InChI is InChI=1S/C13H16O2S.C9H17NOS.2C2H6/c1-2-3-4-9-16-13(15)12-7-5-11(10-14)6-8-12;1-3-7-12-9(11)8-5-4-6-10(8)2;2*1-2/h5-8,10H,2-4,9H2,1H3;8H,3-7H2,1-2H3;2*1-2H3. The highest BCUT2D eigenvalue weighted by molar-refractivity contribution is 8.14. The van der Waals surface area contributed by atoms with Crippen molar-refractivity contribution in [2.45, 2.75) is 86.1 Å². The molecule has 6 heteroatoms. The van der Waals surface area contributed by atoms with Gasteiger partial charge >= 0.3 is 0 Å². The van der Waals surface area contributed by atoms with Crippen molar-refractivity contribution in [2.24, 2.45) is 0 Å². The van der Waals surface area contributed by atoms with Crippen LogP contribution in [-0.4, -0.2) is 52.6 Å².